The third-order valence-electron chi connectivity index (χ3n) is 17.0. The van der Waals surface area contributed by atoms with E-state index in [1.165, 1.54) is 0 Å². The fourth-order valence-electron chi connectivity index (χ4n) is 11.9. The molecule has 0 N–H and O–H groups in total. The molecule has 0 aromatic heterocycles. The lowest BCUT2D eigenvalue weighted by atomic mass is 9.86. The van der Waals surface area contributed by atoms with Crippen molar-refractivity contribution >= 4 is 124 Å². The van der Waals surface area contributed by atoms with Crippen LogP contribution in [0.2, 0.25) is 0 Å². The molecule has 0 amide bonds. The first-order chi connectivity index (χ1) is 48.9. The van der Waals surface area contributed by atoms with Gasteiger partial charge >= 0.3 is 0 Å². The molecule has 0 heterocycles. The van der Waals surface area contributed by atoms with Gasteiger partial charge in [-0.15, -0.1) is 0 Å². The second-order valence-electron chi connectivity index (χ2n) is 23.5. The number of hydrogen-bond donors (Lipinski definition) is 0. The van der Waals surface area contributed by atoms with E-state index < -0.39 is 0 Å². The van der Waals surface area contributed by atoms with Crippen LogP contribution in [0.25, 0.3) is 72.9 Å². The van der Waals surface area contributed by atoms with Gasteiger partial charge < -0.3 is 14.7 Å². The molecule has 0 fully saturated rings. The summed E-state index contributed by atoms with van der Waals surface area (Å²) < 4.78 is 0. The minimum Gasteiger partial charge on any atom is -0.311 e. The molecule has 0 atom stereocenters. The summed E-state index contributed by atoms with van der Waals surface area (Å²) in [6.07, 6.45) is 23.8. The topological polar surface area (TPSA) is 81.1 Å². The van der Waals surface area contributed by atoms with Gasteiger partial charge in [0.25, 0.3) is 0 Å². The molecular weight excluding hydrogens is 1200 g/mol. The van der Waals surface area contributed by atoms with E-state index in [9.17, 15) is 15.8 Å². The lowest BCUT2D eigenvalue weighted by Gasteiger charge is -2.25. The van der Waals surface area contributed by atoms with Crippen LogP contribution in [-0.2, 0) is 0 Å². The van der Waals surface area contributed by atoms with Crippen molar-refractivity contribution in [1.82, 2.24) is 0 Å². The van der Waals surface area contributed by atoms with E-state index in [0.717, 1.165) is 101 Å². The molecule has 0 aliphatic heterocycles. The van der Waals surface area contributed by atoms with Crippen molar-refractivity contribution < 1.29 is 0 Å². The summed E-state index contributed by atoms with van der Waals surface area (Å²) in [6.45, 7) is 0. The maximum atomic E-state index is 11.1. The monoisotopic (exact) mass is 1270 g/mol. The molecule has 0 aliphatic carbocycles. The van der Waals surface area contributed by atoms with Crippen molar-refractivity contribution in [3.8, 4) is 18.2 Å². The molecule has 468 valence electrons. The van der Waals surface area contributed by atoms with Crippen LogP contribution in [0.5, 0.6) is 0 Å². The zero-order chi connectivity index (χ0) is 67.4. The number of benzene rings is 13. The summed E-state index contributed by atoms with van der Waals surface area (Å²) in [7, 11) is 0. The molecule has 13 aromatic carbocycles. The second-order valence-corrected chi connectivity index (χ2v) is 23.5. The summed E-state index contributed by atoms with van der Waals surface area (Å²) in [5.41, 5.74) is 20.4. The molecule has 0 bridgehead atoms. The summed E-state index contributed by atoms with van der Waals surface area (Å²) >= 11 is 0. The third-order valence-corrected chi connectivity index (χ3v) is 17.0. The SMILES string of the molecule is N#Cc1c(C=Cc2ccc(C=Cc3ccc(N(c4ccccc4)c4ccccc4)cc3)cc2)c(C#N)c(C=Cc2ccc(C=Cc3ccc(N(c4ccccc4)c4ccccc4)cc3)cc2)c(C#N)c1C=Cc1ccc(C=Cc2ccc(N(c3ccccc3)c3ccccc3)cc2)cc1. The Balaban J connectivity index is 0.759. The summed E-state index contributed by atoms with van der Waals surface area (Å²) in [4.78, 5) is 6.73. The number of nitrogens with zero attached hydrogens (tertiary/aromatic N) is 6. The summed E-state index contributed by atoms with van der Waals surface area (Å²) in [5, 5.41) is 33.3. The predicted octanol–water partition coefficient (Wildman–Crippen LogP) is 24.7. The lowest BCUT2D eigenvalue weighted by molar-refractivity contribution is 1.28. The van der Waals surface area contributed by atoms with E-state index in [4.69, 9.17) is 0 Å². The van der Waals surface area contributed by atoms with E-state index in [0.29, 0.717) is 16.7 Å². The number of hydrogen-bond acceptors (Lipinski definition) is 6. The molecule has 0 unspecified atom stereocenters. The molecule has 13 rings (SSSR count). The average molecular weight is 1270 g/mol. The summed E-state index contributed by atoms with van der Waals surface area (Å²) in [5.74, 6) is 0. The molecule has 0 radical (unpaired) electrons. The zero-order valence-corrected chi connectivity index (χ0v) is 54.3. The normalized spacial score (nSPS) is 11.4. The number of rotatable bonds is 21. The molecule has 0 saturated carbocycles. The highest BCUT2D eigenvalue weighted by molar-refractivity contribution is 5.91. The van der Waals surface area contributed by atoms with Gasteiger partial charge in [0.15, 0.2) is 0 Å². The summed E-state index contributed by atoms with van der Waals surface area (Å²) in [6, 6.07) is 119. The van der Waals surface area contributed by atoms with Crippen molar-refractivity contribution in [2.45, 2.75) is 0 Å². The Kier molecular flexibility index (Phi) is 20.3. The van der Waals surface area contributed by atoms with Crippen LogP contribution >= 0.6 is 0 Å². The Morgan fingerprint density at radius 2 is 0.293 bits per heavy atom. The lowest BCUT2D eigenvalue weighted by Crippen LogP contribution is -2.09. The Morgan fingerprint density at radius 1 is 0.162 bits per heavy atom. The average Bonchev–Trinajstić information content (AvgIpc) is 0.780. The van der Waals surface area contributed by atoms with E-state index in [1.807, 2.05) is 146 Å². The van der Waals surface area contributed by atoms with E-state index in [2.05, 4.69) is 288 Å². The molecule has 13 aromatic rings. The van der Waals surface area contributed by atoms with Crippen LogP contribution in [0.1, 0.15) is 83.5 Å². The largest absolute Gasteiger partial charge is 0.311 e. The van der Waals surface area contributed by atoms with Crippen molar-refractivity contribution in [2.24, 2.45) is 0 Å². The quantitative estimate of drug-likeness (QED) is 0.0667. The van der Waals surface area contributed by atoms with Crippen LogP contribution < -0.4 is 14.7 Å². The van der Waals surface area contributed by atoms with Gasteiger partial charge in [-0.2, -0.15) is 15.8 Å². The molecule has 6 nitrogen and oxygen atoms in total. The Bertz CT molecular complexity index is 4510. The van der Waals surface area contributed by atoms with Crippen molar-refractivity contribution in [3.05, 3.63) is 411 Å². The van der Waals surface area contributed by atoms with E-state index in [1.54, 1.807) is 0 Å². The number of para-hydroxylation sites is 6. The standard InChI is InChI=1S/C93H66N6/c94-67-91-88(64-55-73-40-31-70(32-41-73)37-46-76-49-58-85(59-50-76)97(79-19-7-1-8-20-79)80-21-9-2-10-22-80)92(68-95)90(66-57-75-44-35-72(36-45-75)39-48-78-53-62-87(63-54-78)99(83-27-15-5-16-28-83)84-29-17-6-18-30-84)93(69-96)89(91)65-56-74-42-33-71(34-43-74)38-47-77-51-60-86(61-52-77)98(81-23-11-3-12-24-81)82-25-13-4-14-26-82/h1-66H. The molecule has 0 spiro atoms. The van der Waals surface area contributed by atoms with Gasteiger partial charge in [-0.1, -0.05) is 291 Å². The van der Waals surface area contributed by atoms with Crippen LogP contribution in [0, 0.1) is 34.0 Å². The van der Waals surface area contributed by atoms with Gasteiger partial charge in [-0.05, 0) is 159 Å². The van der Waals surface area contributed by atoms with Crippen LogP contribution in [-0.4, -0.2) is 0 Å². The molecule has 0 saturated heterocycles. The molecule has 0 aliphatic rings. The van der Waals surface area contributed by atoms with Gasteiger partial charge in [0.05, 0.1) is 16.7 Å². The van der Waals surface area contributed by atoms with Crippen LogP contribution in [0.15, 0.2) is 328 Å². The third kappa shape index (κ3) is 15.7. The van der Waals surface area contributed by atoms with Gasteiger partial charge in [-0.25, -0.2) is 0 Å². The predicted molar refractivity (Wildman–Crippen MR) is 417 cm³/mol. The van der Waals surface area contributed by atoms with Crippen molar-refractivity contribution in [3.63, 3.8) is 0 Å². The zero-order valence-electron chi connectivity index (χ0n) is 54.3. The maximum absolute atomic E-state index is 11.1. The highest BCUT2D eigenvalue weighted by Gasteiger charge is 2.22. The second kappa shape index (κ2) is 31.4. The fraction of sp³-hybridized carbons (Fsp3) is 0. The number of nitriles is 3. The molecular formula is C93H66N6. The van der Waals surface area contributed by atoms with Crippen molar-refractivity contribution in [1.29, 1.82) is 15.8 Å². The minimum absolute atomic E-state index is 0.228. The van der Waals surface area contributed by atoms with Gasteiger partial charge in [0.1, 0.15) is 18.2 Å². The Morgan fingerprint density at radius 3 is 0.444 bits per heavy atom. The van der Waals surface area contributed by atoms with Gasteiger partial charge in [0, 0.05) is 67.9 Å². The first kappa shape index (κ1) is 63.9. The first-order valence-electron chi connectivity index (χ1n) is 32.8. The number of anilines is 9. The minimum atomic E-state index is 0.228. The van der Waals surface area contributed by atoms with E-state index >= 15 is 0 Å². The van der Waals surface area contributed by atoms with Gasteiger partial charge in [0.2, 0.25) is 0 Å². The Labute approximate surface area is 580 Å². The maximum Gasteiger partial charge on any atom is 0.100 e. The molecule has 99 heavy (non-hydrogen) atoms. The van der Waals surface area contributed by atoms with Gasteiger partial charge in [-0.3, -0.25) is 0 Å². The smallest absolute Gasteiger partial charge is 0.100 e. The van der Waals surface area contributed by atoms with Crippen molar-refractivity contribution in [2.75, 3.05) is 14.7 Å². The highest BCUT2D eigenvalue weighted by atomic mass is 15.2. The Hall–Kier alpha value is -13.8. The molecule has 6 heteroatoms. The van der Waals surface area contributed by atoms with E-state index in [-0.39, 0.29) is 16.7 Å². The van der Waals surface area contributed by atoms with Crippen LogP contribution in [0.3, 0.4) is 0 Å². The van der Waals surface area contributed by atoms with Crippen LogP contribution in [0.4, 0.5) is 51.2 Å². The highest BCUT2D eigenvalue weighted by Crippen LogP contribution is 2.39. The fourth-order valence-corrected chi connectivity index (χ4v) is 11.9. The first-order valence-corrected chi connectivity index (χ1v) is 32.8.